The topological polar surface area (TPSA) is 34.9 Å². The highest BCUT2D eigenvalue weighted by atomic mass is 16.1. The third kappa shape index (κ3) is 1.59. The molecule has 0 saturated carbocycles. The van der Waals surface area contributed by atoms with E-state index in [1.807, 2.05) is 30.5 Å². The van der Waals surface area contributed by atoms with Crippen LogP contribution in [0.2, 0.25) is 0 Å². The molecule has 3 heteroatoms. The number of nitrogens with zero attached hydrogens (tertiary/aromatic N) is 2. The predicted molar refractivity (Wildman–Crippen MR) is 50.4 cm³/mol. The van der Waals surface area contributed by atoms with E-state index in [-0.39, 0.29) is 5.78 Å². The zero-order valence-corrected chi connectivity index (χ0v) is 7.40. The summed E-state index contributed by atoms with van der Waals surface area (Å²) >= 11 is 0. The van der Waals surface area contributed by atoms with Crippen molar-refractivity contribution in [1.29, 1.82) is 0 Å². The minimum absolute atomic E-state index is 0.118. The minimum Gasteiger partial charge on any atom is -0.298 e. The molecular formula is C10H10N2O. The van der Waals surface area contributed by atoms with Crippen LogP contribution >= 0.6 is 0 Å². The molecule has 1 aromatic heterocycles. The normalized spacial score (nSPS) is 10.5. The van der Waals surface area contributed by atoms with E-state index in [1.54, 1.807) is 11.6 Å². The summed E-state index contributed by atoms with van der Waals surface area (Å²) in [7, 11) is 0. The van der Waals surface area contributed by atoms with E-state index in [1.165, 1.54) is 0 Å². The van der Waals surface area contributed by atoms with Gasteiger partial charge in [0, 0.05) is 11.6 Å². The molecular weight excluding hydrogens is 164 g/mol. The summed E-state index contributed by atoms with van der Waals surface area (Å²) in [5, 5.41) is 5.32. The lowest BCUT2D eigenvalue weighted by Crippen LogP contribution is -2.05. The first-order chi connectivity index (χ1) is 6.25. The molecule has 0 bridgehead atoms. The molecule has 0 aliphatic carbocycles. The lowest BCUT2D eigenvalue weighted by atomic mass is 10.3. The van der Waals surface area contributed by atoms with Crippen molar-refractivity contribution < 1.29 is 4.79 Å². The number of carbonyl (C=O) groups is 1. The van der Waals surface area contributed by atoms with E-state index in [0.29, 0.717) is 6.54 Å². The largest absolute Gasteiger partial charge is 0.298 e. The van der Waals surface area contributed by atoms with Crippen LogP contribution in [-0.2, 0) is 11.3 Å². The molecule has 66 valence electrons. The summed E-state index contributed by atoms with van der Waals surface area (Å²) in [6, 6.07) is 7.82. The van der Waals surface area contributed by atoms with E-state index < -0.39 is 0 Å². The van der Waals surface area contributed by atoms with Crippen LogP contribution in [0.1, 0.15) is 6.92 Å². The third-order valence-corrected chi connectivity index (χ3v) is 1.85. The van der Waals surface area contributed by atoms with Gasteiger partial charge in [-0.05, 0) is 13.0 Å². The summed E-state index contributed by atoms with van der Waals surface area (Å²) in [5.41, 5.74) is 0.934. The summed E-state index contributed by atoms with van der Waals surface area (Å²) < 4.78 is 1.67. The molecule has 0 saturated heterocycles. The monoisotopic (exact) mass is 174 g/mol. The van der Waals surface area contributed by atoms with Gasteiger partial charge in [0.2, 0.25) is 0 Å². The Labute approximate surface area is 76.0 Å². The molecule has 1 heterocycles. The van der Waals surface area contributed by atoms with Gasteiger partial charge < -0.3 is 0 Å². The molecule has 0 spiro atoms. The quantitative estimate of drug-likeness (QED) is 0.693. The Morgan fingerprint density at radius 3 is 2.92 bits per heavy atom. The van der Waals surface area contributed by atoms with Crippen LogP contribution in [0.3, 0.4) is 0 Å². The molecule has 2 aromatic rings. The van der Waals surface area contributed by atoms with Crippen molar-refractivity contribution in [3.63, 3.8) is 0 Å². The molecule has 0 N–H and O–H groups in total. The molecule has 0 fully saturated rings. The third-order valence-electron chi connectivity index (χ3n) is 1.85. The van der Waals surface area contributed by atoms with Crippen LogP contribution in [0.25, 0.3) is 10.9 Å². The number of carbonyl (C=O) groups excluding carboxylic acids is 1. The van der Waals surface area contributed by atoms with E-state index in [2.05, 4.69) is 5.10 Å². The van der Waals surface area contributed by atoms with E-state index in [0.717, 1.165) is 10.9 Å². The van der Waals surface area contributed by atoms with Gasteiger partial charge >= 0.3 is 0 Å². The first-order valence-electron chi connectivity index (χ1n) is 4.17. The number of benzene rings is 1. The number of ketones is 1. The van der Waals surface area contributed by atoms with Crippen molar-refractivity contribution in [1.82, 2.24) is 9.78 Å². The van der Waals surface area contributed by atoms with Crippen molar-refractivity contribution in [2.75, 3.05) is 0 Å². The maximum atomic E-state index is 10.8. The number of hydrogen-bond donors (Lipinski definition) is 0. The van der Waals surface area contributed by atoms with Crippen LogP contribution in [0.4, 0.5) is 0 Å². The first kappa shape index (κ1) is 7.98. The lowest BCUT2D eigenvalue weighted by molar-refractivity contribution is -0.117. The fourth-order valence-corrected chi connectivity index (χ4v) is 1.32. The zero-order valence-electron chi connectivity index (χ0n) is 7.40. The van der Waals surface area contributed by atoms with Crippen LogP contribution < -0.4 is 0 Å². The molecule has 0 radical (unpaired) electrons. The minimum atomic E-state index is 0.118. The van der Waals surface area contributed by atoms with Gasteiger partial charge in [-0.1, -0.05) is 18.2 Å². The van der Waals surface area contributed by atoms with Crippen molar-refractivity contribution >= 4 is 16.7 Å². The molecule has 3 nitrogen and oxygen atoms in total. The second-order valence-corrected chi connectivity index (χ2v) is 3.09. The lowest BCUT2D eigenvalue weighted by Gasteiger charge is -1.93. The number of aromatic nitrogens is 2. The fourth-order valence-electron chi connectivity index (χ4n) is 1.32. The van der Waals surface area contributed by atoms with Crippen LogP contribution in [0.5, 0.6) is 0 Å². The van der Waals surface area contributed by atoms with Gasteiger partial charge in [0.1, 0.15) is 0 Å². The summed E-state index contributed by atoms with van der Waals surface area (Å²) in [5.74, 6) is 0.118. The van der Waals surface area contributed by atoms with Crippen LogP contribution in [0.15, 0.2) is 30.5 Å². The van der Waals surface area contributed by atoms with E-state index >= 15 is 0 Å². The molecule has 0 unspecified atom stereocenters. The Bertz CT molecular complexity index is 412. The standard InChI is InChI=1S/C10H10N2O/c1-8(13)6-12-7-9-4-2-3-5-10(9)11-12/h2-5,7H,6H2,1H3. The zero-order chi connectivity index (χ0) is 9.26. The Balaban J connectivity index is 2.44. The maximum absolute atomic E-state index is 10.8. The highest BCUT2D eigenvalue weighted by Gasteiger charge is 2.00. The SMILES string of the molecule is CC(=O)Cn1cc2ccccc2n1. The summed E-state index contributed by atoms with van der Waals surface area (Å²) in [6.45, 7) is 1.92. The molecule has 0 atom stereocenters. The Morgan fingerprint density at radius 2 is 2.23 bits per heavy atom. The van der Waals surface area contributed by atoms with Gasteiger partial charge in [-0.2, -0.15) is 5.10 Å². The average molecular weight is 174 g/mol. The fraction of sp³-hybridized carbons (Fsp3) is 0.200. The van der Waals surface area contributed by atoms with Gasteiger partial charge in [-0.25, -0.2) is 0 Å². The van der Waals surface area contributed by atoms with Gasteiger partial charge in [0.25, 0.3) is 0 Å². The van der Waals surface area contributed by atoms with Crippen molar-refractivity contribution in [3.8, 4) is 0 Å². The second kappa shape index (κ2) is 3.01. The van der Waals surface area contributed by atoms with Crippen LogP contribution in [-0.4, -0.2) is 15.6 Å². The number of fused-ring (bicyclic) bond motifs is 1. The Kier molecular flexibility index (Phi) is 1.85. The average Bonchev–Trinajstić information content (AvgIpc) is 2.44. The number of rotatable bonds is 2. The molecule has 0 aliphatic rings. The smallest absolute Gasteiger partial charge is 0.151 e. The first-order valence-corrected chi connectivity index (χ1v) is 4.17. The Morgan fingerprint density at radius 1 is 1.46 bits per heavy atom. The summed E-state index contributed by atoms with van der Waals surface area (Å²) in [4.78, 5) is 10.8. The van der Waals surface area contributed by atoms with Crippen molar-refractivity contribution in [2.45, 2.75) is 13.5 Å². The molecule has 0 amide bonds. The Hall–Kier alpha value is -1.64. The highest BCUT2D eigenvalue weighted by molar-refractivity contribution is 5.79. The van der Waals surface area contributed by atoms with Crippen molar-refractivity contribution in [2.24, 2.45) is 0 Å². The van der Waals surface area contributed by atoms with Gasteiger partial charge in [-0.3, -0.25) is 9.48 Å². The predicted octanol–water partition coefficient (Wildman–Crippen LogP) is 1.63. The number of hydrogen-bond acceptors (Lipinski definition) is 2. The molecule has 2 rings (SSSR count). The maximum Gasteiger partial charge on any atom is 0.151 e. The van der Waals surface area contributed by atoms with Gasteiger partial charge in [0.15, 0.2) is 5.78 Å². The highest BCUT2D eigenvalue weighted by Crippen LogP contribution is 2.10. The molecule has 13 heavy (non-hydrogen) atoms. The molecule has 1 aromatic carbocycles. The second-order valence-electron chi connectivity index (χ2n) is 3.09. The molecule has 0 aliphatic heterocycles. The summed E-state index contributed by atoms with van der Waals surface area (Å²) in [6.07, 6.45) is 1.89. The van der Waals surface area contributed by atoms with Gasteiger partial charge in [-0.15, -0.1) is 0 Å². The van der Waals surface area contributed by atoms with E-state index in [4.69, 9.17) is 0 Å². The van der Waals surface area contributed by atoms with Crippen LogP contribution in [0, 0.1) is 0 Å². The van der Waals surface area contributed by atoms with Crippen molar-refractivity contribution in [3.05, 3.63) is 30.5 Å². The number of Topliss-reactive ketones (excluding diaryl/α,β-unsaturated/α-hetero) is 1. The van der Waals surface area contributed by atoms with Gasteiger partial charge in [0.05, 0.1) is 12.1 Å². The van der Waals surface area contributed by atoms with E-state index in [9.17, 15) is 4.79 Å².